The van der Waals surface area contributed by atoms with E-state index in [9.17, 15) is 29.6 Å². The predicted molar refractivity (Wildman–Crippen MR) is 155 cm³/mol. The third-order valence-electron chi connectivity index (χ3n) is 6.95. The minimum absolute atomic E-state index is 0.00597. The van der Waals surface area contributed by atoms with Crippen LogP contribution in [0.15, 0.2) is 59.3 Å². The zero-order valence-electron chi connectivity index (χ0n) is 23.8. The topological polar surface area (TPSA) is 169 Å². The van der Waals surface area contributed by atoms with Crippen LogP contribution in [0.5, 0.6) is 34.5 Å². The van der Waals surface area contributed by atoms with Crippen LogP contribution in [0.25, 0.3) is 6.08 Å². The molecule has 0 aromatic heterocycles. The molecule has 2 aliphatic rings. The number of oxime groups is 1. The first-order valence-electron chi connectivity index (χ1n) is 13.7. The lowest BCUT2D eigenvalue weighted by molar-refractivity contribution is -0.112. The molecule has 5 N–H and O–H groups in total. The van der Waals surface area contributed by atoms with Crippen molar-refractivity contribution < 1.29 is 53.4 Å². The highest BCUT2D eigenvalue weighted by Crippen LogP contribution is 2.49. The summed E-state index contributed by atoms with van der Waals surface area (Å²) in [5.74, 6) is -1.65. The van der Waals surface area contributed by atoms with Gasteiger partial charge in [0, 0.05) is 29.7 Å². The summed E-state index contributed by atoms with van der Waals surface area (Å²) >= 11 is 0. The normalized spacial score (nSPS) is 19.6. The molecule has 44 heavy (non-hydrogen) atoms. The fraction of sp³-hybridized carbons (Fsp3) is 0.290. The van der Waals surface area contributed by atoms with E-state index in [0.29, 0.717) is 17.7 Å². The van der Waals surface area contributed by atoms with Gasteiger partial charge in [0.2, 0.25) is 18.8 Å². The number of nitrogens with zero attached hydrogens (tertiary/aromatic N) is 1. The molecule has 5 rings (SSSR count). The molecule has 2 aliphatic heterocycles. The molecule has 0 bridgehead atoms. The Balaban J connectivity index is 1.19. The number of fused-ring (bicyclic) bond motifs is 1. The number of benzene rings is 3. The molecule has 2 heterocycles. The molecule has 0 spiro atoms. The molecule has 0 unspecified atom stereocenters. The molecule has 1 fully saturated rings. The van der Waals surface area contributed by atoms with Crippen molar-refractivity contribution in [3.05, 3.63) is 71.0 Å². The molecule has 0 radical (unpaired) electrons. The number of amides is 1. The lowest BCUT2D eigenvalue weighted by Crippen LogP contribution is -2.30. The third-order valence-corrected chi connectivity index (χ3v) is 6.95. The number of nitrogens with one attached hydrogen (secondary N) is 1. The van der Waals surface area contributed by atoms with Gasteiger partial charge in [0.15, 0.2) is 11.5 Å². The number of halogens is 1. The van der Waals surface area contributed by atoms with Gasteiger partial charge >= 0.3 is 0 Å². The summed E-state index contributed by atoms with van der Waals surface area (Å²) in [7, 11) is 0. The van der Waals surface area contributed by atoms with E-state index in [0.717, 1.165) is 5.56 Å². The Morgan fingerprint density at radius 3 is 2.61 bits per heavy atom. The number of carbonyl (C=O) groups excluding carboxylic acids is 1. The number of phenolic OH excluding ortho intramolecular Hbond substituents is 3. The fourth-order valence-electron chi connectivity index (χ4n) is 4.61. The third kappa shape index (κ3) is 6.79. The van der Waals surface area contributed by atoms with E-state index in [2.05, 4.69) is 10.5 Å². The Morgan fingerprint density at radius 1 is 1.11 bits per heavy atom. The van der Waals surface area contributed by atoms with Gasteiger partial charge in [-0.2, -0.15) is 0 Å². The van der Waals surface area contributed by atoms with Crippen LogP contribution in [0.1, 0.15) is 37.8 Å². The second-order valence-corrected chi connectivity index (χ2v) is 10.1. The van der Waals surface area contributed by atoms with Crippen molar-refractivity contribution in [2.75, 3.05) is 12.1 Å². The van der Waals surface area contributed by atoms with Crippen LogP contribution >= 0.6 is 0 Å². The Kier molecular flexibility index (Phi) is 9.07. The van der Waals surface area contributed by atoms with E-state index < -0.39 is 35.9 Å². The van der Waals surface area contributed by atoms with Crippen molar-refractivity contribution in [2.45, 2.75) is 51.8 Å². The zero-order valence-corrected chi connectivity index (χ0v) is 23.8. The predicted octanol–water partition coefficient (Wildman–Crippen LogP) is 4.55. The maximum Gasteiger partial charge on any atom is 0.251 e. The van der Waals surface area contributed by atoms with Crippen LogP contribution < -0.4 is 19.5 Å². The SMILES string of the molecule is CC/C(=N\OCc1ccc(F)cc1)[C@H]1O[C@@H](Oc2ccc(/C=C(\C)C(=O)Nc3c(O)cc4c(c3O)OCO4)c(O)c2)C[C@@H]1O. The Morgan fingerprint density at radius 2 is 1.89 bits per heavy atom. The number of anilines is 1. The average molecular weight is 611 g/mol. The Labute approximate surface area is 251 Å². The quantitative estimate of drug-likeness (QED) is 0.0950. The first-order valence-corrected chi connectivity index (χ1v) is 13.7. The number of ether oxygens (including phenoxy) is 4. The van der Waals surface area contributed by atoms with Gasteiger partial charge in [-0.15, -0.1) is 0 Å². The summed E-state index contributed by atoms with van der Waals surface area (Å²) in [6, 6.07) is 11.5. The number of hydrogen-bond acceptors (Lipinski definition) is 11. The van der Waals surface area contributed by atoms with Crippen molar-refractivity contribution >= 4 is 23.4 Å². The van der Waals surface area contributed by atoms with Crippen LogP contribution in [0.2, 0.25) is 0 Å². The number of aliphatic hydroxyl groups is 1. The van der Waals surface area contributed by atoms with Crippen molar-refractivity contribution in [3.63, 3.8) is 0 Å². The second-order valence-electron chi connectivity index (χ2n) is 10.1. The molecule has 3 aromatic rings. The molecule has 1 saturated heterocycles. The minimum atomic E-state index is -0.909. The molecule has 3 aromatic carbocycles. The van der Waals surface area contributed by atoms with Crippen molar-refractivity contribution in [1.82, 2.24) is 0 Å². The van der Waals surface area contributed by atoms with Crippen LogP contribution in [-0.2, 0) is 21.0 Å². The number of rotatable bonds is 10. The Bertz CT molecular complexity index is 1590. The molecular formula is C31H31FN2O10. The van der Waals surface area contributed by atoms with Crippen LogP contribution in [0, 0.1) is 5.82 Å². The maximum absolute atomic E-state index is 13.1. The fourth-order valence-corrected chi connectivity index (χ4v) is 4.61. The Hall–Kier alpha value is -5.01. The first-order chi connectivity index (χ1) is 21.1. The summed E-state index contributed by atoms with van der Waals surface area (Å²) in [5.41, 5.74) is 1.42. The molecule has 232 valence electrons. The highest BCUT2D eigenvalue weighted by molar-refractivity contribution is 6.08. The van der Waals surface area contributed by atoms with E-state index in [-0.39, 0.29) is 59.9 Å². The summed E-state index contributed by atoms with van der Waals surface area (Å²) in [5, 5.41) is 48.3. The largest absolute Gasteiger partial charge is 0.507 e. The summed E-state index contributed by atoms with van der Waals surface area (Å²) in [4.78, 5) is 18.2. The van der Waals surface area contributed by atoms with Gasteiger partial charge in [-0.3, -0.25) is 4.79 Å². The number of aromatic hydroxyl groups is 3. The van der Waals surface area contributed by atoms with Gasteiger partial charge in [0.05, 0.1) is 11.8 Å². The first kappa shape index (κ1) is 30.4. The number of aliphatic hydroxyl groups excluding tert-OH is 1. The highest BCUT2D eigenvalue weighted by Gasteiger charge is 2.38. The van der Waals surface area contributed by atoms with Crippen molar-refractivity contribution in [1.29, 1.82) is 0 Å². The standard InChI is InChI=1S/C31H31FN2O10/c1-3-21(34-42-14-17-4-7-19(32)8-5-17)29-24(37)13-26(44-29)43-20-9-6-18(22(35)11-20)10-16(2)31(39)33-27-23(36)12-25-30(28(27)38)41-15-40-25/h4-12,24,26,29,35-38H,3,13-15H2,1-2H3,(H,33,39)/b16-10+,34-21+/t24-,26+,29+/m0/s1. The van der Waals surface area contributed by atoms with Crippen LogP contribution in [0.4, 0.5) is 10.1 Å². The minimum Gasteiger partial charge on any atom is -0.507 e. The van der Waals surface area contributed by atoms with E-state index in [1.54, 1.807) is 18.2 Å². The molecule has 0 saturated carbocycles. The molecule has 0 aliphatic carbocycles. The van der Waals surface area contributed by atoms with E-state index in [1.807, 2.05) is 6.92 Å². The number of hydrogen-bond donors (Lipinski definition) is 5. The summed E-state index contributed by atoms with van der Waals surface area (Å²) in [6.07, 6.45) is -0.507. The zero-order chi connectivity index (χ0) is 31.4. The van der Waals surface area contributed by atoms with Crippen molar-refractivity contribution in [3.8, 4) is 34.5 Å². The summed E-state index contributed by atoms with van der Waals surface area (Å²) in [6.45, 7) is 3.33. The van der Waals surface area contributed by atoms with Gasteiger partial charge in [-0.25, -0.2) is 4.39 Å². The van der Waals surface area contributed by atoms with Crippen LogP contribution in [-0.4, -0.2) is 57.3 Å². The smallest absolute Gasteiger partial charge is 0.251 e. The van der Waals surface area contributed by atoms with E-state index in [1.165, 1.54) is 43.3 Å². The average Bonchev–Trinajstić information content (AvgIpc) is 3.61. The molecule has 3 atom stereocenters. The molecular weight excluding hydrogens is 579 g/mol. The van der Waals surface area contributed by atoms with E-state index >= 15 is 0 Å². The molecule has 13 heteroatoms. The van der Waals surface area contributed by atoms with Crippen molar-refractivity contribution in [2.24, 2.45) is 5.16 Å². The van der Waals surface area contributed by atoms with Crippen LogP contribution in [0.3, 0.4) is 0 Å². The number of phenols is 3. The monoisotopic (exact) mass is 610 g/mol. The van der Waals surface area contributed by atoms with Gasteiger partial charge < -0.3 is 49.5 Å². The summed E-state index contributed by atoms with van der Waals surface area (Å²) < 4.78 is 35.1. The maximum atomic E-state index is 13.1. The van der Waals surface area contributed by atoms with Gasteiger partial charge in [-0.1, -0.05) is 24.2 Å². The van der Waals surface area contributed by atoms with Gasteiger partial charge in [0.25, 0.3) is 5.91 Å². The highest BCUT2D eigenvalue weighted by atomic mass is 19.1. The molecule has 1 amide bonds. The number of carbonyl (C=O) groups is 1. The lowest BCUT2D eigenvalue weighted by atomic mass is 10.1. The van der Waals surface area contributed by atoms with Gasteiger partial charge in [0.1, 0.15) is 41.5 Å². The lowest BCUT2D eigenvalue weighted by Gasteiger charge is -2.17. The van der Waals surface area contributed by atoms with Gasteiger partial charge in [-0.05, 0) is 49.2 Å². The second kappa shape index (κ2) is 13.1. The van der Waals surface area contributed by atoms with E-state index in [4.69, 9.17) is 23.8 Å². The molecule has 12 nitrogen and oxygen atoms in total.